The van der Waals surface area contributed by atoms with Crippen molar-refractivity contribution < 1.29 is 4.39 Å². The highest BCUT2D eigenvalue weighted by Crippen LogP contribution is 2.29. The fourth-order valence-electron chi connectivity index (χ4n) is 3.50. The van der Waals surface area contributed by atoms with E-state index in [1.54, 1.807) is 0 Å². The Hall–Kier alpha value is -1.29. The molecule has 3 rings (SSSR count). The topological polar surface area (TPSA) is 32.5 Å². The van der Waals surface area contributed by atoms with Gasteiger partial charge < -0.3 is 15.5 Å². The van der Waals surface area contributed by atoms with Gasteiger partial charge in [-0.15, -0.1) is 0 Å². The molecule has 20 heavy (non-hydrogen) atoms. The Morgan fingerprint density at radius 1 is 1.10 bits per heavy atom. The maximum absolute atomic E-state index is 13.1. The number of rotatable bonds is 3. The summed E-state index contributed by atoms with van der Waals surface area (Å²) in [4.78, 5) is 4.90. The van der Waals surface area contributed by atoms with Gasteiger partial charge in [-0.05, 0) is 62.9 Å². The monoisotopic (exact) mass is 277 g/mol. The number of nitrogen functional groups attached to an aromatic ring is 1. The Morgan fingerprint density at radius 3 is 2.45 bits per heavy atom. The molecule has 0 spiro atoms. The Balaban J connectivity index is 1.55. The molecular formula is C16H24FN3. The number of anilines is 2. The molecule has 0 saturated carbocycles. The van der Waals surface area contributed by atoms with Crippen molar-refractivity contribution in [1.29, 1.82) is 0 Å². The first-order chi connectivity index (χ1) is 9.72. The van der Waals surface area contributed by atoms with Gasteiger partial charge in [-0.2, -0.15) is 0 Å². The molecule has 2 saturated heterocycles. The molecule has 2 aliphatic rings. The molecule has 0 aliphatic carbocycles. The summed E-state index contributed by atoms with van der Waals surface area (Å²) in [6, 6.07) is 4.74. The largest absolute Gasteiger partial charge is 0.397 e. The molecule has 0 amide bonds. The molecule has 110 valence electrons. The van der Waals surface area contributed by atoms with Gasteiger partial charge in [0.15, 0.2) is 0 Å². The van der Waals surface area contributed by atoms with Crippen LogP contribution in [0.4, 0.5) is 15.8 Å². The first kappa shape index (κ1) is 13.7. The summed E-state index contributed by atoms with van der Waals surface area (Å²) in [6.07, 6.45) is 5.16. The normalized spacial score (nSPS) is 21.6. The first-order valence-electron chi connectivity index (χ1n) is 7.75. The van der Waals surface area contributed by atoms with Crippen LogP contribution in [0.15, 0.2) is 18.2 Å². The summed E-state index contributed by atoms with van der Waals surface area (Å²) in [5, 5.41) is 0. The Labute approximate surface area is 120 Å². The Bertz CT molecular complexity index is 449. The molecule has 4 heteroatoms. The average Bonchev–Trinajstić information content (AvgIpc) is 2.93. The molecule has 0 radical (unpaired) electrons. The van der Waals surface area contributed by atoms with Gasteiger partial charge in [0.2, 0.25) is 0 Å². The number of nitrogens with two attached hydrogens (primary N) is 1. The van der Waals surface area contributed by atoms with E-state index >= 15 is 0 Å². The molecule has 2 aliphatic heterocycles. The van der Waals surface area contributed by atoms with Crippen LogP contribution in [0.2, 0.25) is 0 Å². The van der Waals surface area contributed by atoms with Gasteiger partial charge in [-0.1, -0.05) is 0 Å². The van der Waals surface area contributed by atoms with Crippen LogP contribution in [-0.2, 0) is 0 Å². The van der Waals surface area contributed by atoms with Crippen molar-refractivity contribution in [2.75, 3.05) is 43.4 Å². The van der Waals surface area contributed by atoms with Crippen LogP contribution in [0.1, 0.15) is 25.7 Å². The highest BCUT2D eigenvalue weighted by atomic mass is 19.1. The summed E-state index contributed by atoms with van der Waals surface area (Å²) < 4.78 is 13.1. The van der Waals surface area contributed by atoms with Gasteiger partial charge in [0.25, 0.3) is 0 Å². The lowest BCUT2D eigenvalue weighted by Gasteiger charge is -2.35. The van der Waals surface area contributed by atoms with E-state index in [4.69, 9.17) is 5.73 Å². The van der Waals surface area contributed by atoms with Crippen LogP contribution >= 0.6 is 0 Å². The van der Waals surface area contributed by atoms with E-state index in [1.165, 1.54) is 57.5 Å². The number of likely N-dealkylation sites (tertiary alicyclic amines) is 1. The van der Waals surface area contributed by atoms with Crippen molar-refractivity contribution >= 4 is 11.4 Å². The summed E-state index contributed by atoms with van der Waals surface area (Å²) in [5.74, 6) is 0.557. The molecule has 0 aromatic heterocycles. The van der Waals surface area contributed by atoms with Crippen LogP contribution in [0.5, 0.6) is 0 Å². The van der Waals surface area contributed by atoms with Gasteiger partial charge in [0.05, 0.1) is 11.4 Å². The van der Waals surface area contributed by atoms with Crippen molar-refractivity contribution in [1.82, 2.24) is 4.90 Å². The maximum atomic E-state index is 13.1. The van der Waals surface area contributed by atoms with Crippen LogP contribution < -0.4 is 10.6 Å². The third-order valence-corrected chi connectivity index (χ3v) is 4.66. The fraction of sp³-hybridized carbons (Fsp3) is 0.625. The molecule has 1 aromatic rings. The molecule has 0 unspecified atom stereocenters. The van der Waals surface area contributed by atoms with Gasteiger partial charge in [-0.3, -0.25) is 0 Å². The number of halogens is 1. The zero-order chi connectivity index (χ0) is 13.9. The molecule has 2 heterocycles. The third-order valence-electron chi connectivity index (χ3n) is 4.66. The number of hydrogen-bond acceptors (Lipinski definition) is 3. The maximum Gasteiger partial charge on any atom is 0.125 e. The standard InChI is InChI=1S/C16H24FN3/c17-14-3-4-16(15(18)11-14)20-9-5-13(6-10-20)12-19-7-1-2-8-19/h3-4,11,13H,1-2,5-10,12,18H2. The number of nitrogens with zero attached hydrogens (tertiary/aromatic N) is 2. The number of benzene rings is 1. The summed E-state index contributed by atoms with van der Waals surface area (Å²) >= 11 is 0. The van der Waals surface area contributed by atoms with Crippen molar-refractivity contribution in [2.24, 2.45) is 5.92 Å². The second kappa shape index (κ2) is 6.00. The molecule has 3 nitrogen and oxygen atoms in total. The first-order valence-corrected chi connectivity index (χ1v) is 7.75. The van der Waals surface area contributed by atoms with Crippen LogP contribution in [-0.4, -0.2) is 37.6 Å². The van der Waals surface area contributed by atoms with E-state index in [0.29, 0.717) is 5.69 Å². The molecule has 0 atom stereocenters. The molecule has 1 aromatic carbocycles. The lowest BCUT2D eigenvalue weighted by molar-refractivity contribution is 0.249. The summed E-state index contributed by atoms with van der Waals surface area (Å²) in [7, 11) is 0. The Kier molecular flexibility index (Phi) is 4.10. The van der Waals surface area contributed by atoms with Gasteiger partial charge in [-0.25, -0.2) is 4.39 Å². The second-order valence-corrected chi connectivity index (χ2v) is 6.14. The van der Waals surface area contributed by atoms with E-state index in [9.17, 15) is 4.39 Å². The van der Waals surface area contributed by atoms with E-state index in [1.807, 2.05) is 6.07 Å². The fourth-order valence-corrected chi connectivity index (χ4v) is 3.50. The lowest BCUT2D eigenvalue weighted by Crippen LogP contribution is -2.38. The summed E-state index contributed by atoms with van der Waals surface area (Å²) in [5.41, 5.74) is 7.48. The van der Waals surface area contributed by atoms with Crippen LogP contribution in [0.25, 0.3) is 0 Å². The quantitative estimate of drug-likeness (QED) is 0.862. The van der Waals surface area contributed by atoms with E-state index in [2.05, 4.69) is 9.80 Å². The third kappa shape index (κ3) is 3.06. The van der Waals surface area contributed by atoms with E-state index in [-0.39, 0.29) is 5.82 Å². The van der Waals surface area contributed by atoms with E-state index < -0.39 is 0 Å². The molecule has 2 fully saturated rings. The highest BCUT2D eigenvalue weighted by Gasteiger charge is 2.23. The van der Waals surface area contributed by atoms with E-state index in [0.717, 1.165) is 24.7 Å². The van der Waals surface area contributed by atoms with Crippen molar-refractivity contribution in [3.05, 3.63) is 24.0 Å². The predicted molar refractivity (Wildman–Crippen MR) is 81.4 cm³/mol. The number of piperidine rings is 1. The van der Waals surface area contributed by atoms with Crippen LogP contribution in [0.3, 0.4) is 0 Å². The van der Waals surface area contributed by atoms with Gasteiger partial charge in [0, 0.05) is 19.6 Å². The lowest BCUT2D eigenvalue weighted by atomic mass is 9.95. The number of hydrogen-bond donors (Lipinski definition) is 1. The second-order valence-electron chi connectivity index (χ2n) is 6.14. The van der Waals surface area contributed by atoms with Crippen molar-refractivity contribution in [3.63, 3.8) is 0 Å². The van der Waals surface area contributed by atoms with Crippen molar-refractivity contribution in [2.45, 2.75) is 25.7 Å². The molecule has 2 N–H and O–H groups in total. The minimum atomic E-state index is -0.254. The van der Waals surface area contributed by atoms with Crippen LogP contribution in [0, 0.1) is 11.7 Å². The zero-order valence-corrected chi connectivity index (χ0v) is 12.0. The smallest absolute Gasteiger partial charge is 0.125 e. The summed E-state index contributed by atoms with van der Waals surface area (Å²) in [6.45, 7) is 5.89. The molecule has 0 bridgehead atoms. The van der Waals surface area contributed by atoms with Gasteiger partial charge in [0.1, 0.15) is 5.82 Å². The highest BCUT2D eigenvalue weighted by molar-refractivity contribution is 5.67. The minimum Gasteiger partial charge on any atom is -0.397 e. The Morgan fingerprint density at radius 2 is 1.80 bits per heavy atom. The SMILES string of the molecule is Nc1cc(F)ccc1N1CCC(CN2CCCC2)CC1. The van der Waals surface area contributed by atoms with Crippen molar-refractivity contribution in [3.8, 4) is 0 Å². The minimum absolute atomic E-state index is 0.254. The average molecular weight is 277 g/mol. The predicted octanol–water partition coefficient (Wildman–Crippen LogP) is 2.72. The van der Waals surface area contributed by atoms with Gasteiger partial charge >= 0.3 is 0 Å². The zero-order valence-electron chi connectivity index (χ0n) is 12.0. The molecular weight excluding hydrogens is 253 g/mol.